The van der Waals surface area contributed by atoms with Crippen LogP contribution in [-0.2, 0) is 0 Å². The minimum Gasteiger partial charge on any atom is -0.373 e. The maximum atomic E-state index is 12.0. The van der Waals surface area contributed by atoms with E-state index in [1.54, 1.807) is 19.2 Å². The molecular formula is C12H16ClN3O. The first-order chi connectivity index (χ1) is 8.20. The fourth-order valence-electron chi connectivity index (χ4n) is 2.06. The molecule has 92 valence electrons. The van der Waals surface area contributed by atoms with Crippen LogP contribution < -0.4 is 10.6 Å². The van der Waals surface area contributed by atoms with Crippen LogP contribution in [0.25, 0.3) is 0 Å². The van der Waals surface area contributed by atoms with Gasteiger partial charge < -0.3 is 10.6 Å². The zero-order chi connectivity index (χ0) is 12.3. The fraction of sp³-hybridized carbons (Fsp3) is 0.500. The van der Waals surface area contributed by atoms with E-state index < -0.39 is 0 Å². The van der Waals surface area contributed by atoms with Crippen molar-refractivity contribution >= 4 is 23.3 Å². The van der Waals surface area contributed by atoms with Crippen molar-refractivity contribution in [2.75, 3.05) is 12.4 Å². The zero-order valence-corrected chi connectivity index (χ0v) is 10.5. The fourth-order valence-corrected chi connectivity index (χ4v) is 2.26. The van der Waals surface area contributed by atoms with Gasteiger partial charge in [-0.25, -0.2) is 4.98 Å². The molecule has 17 heavy (non-hydrogen) atoms. The molecule has 2 N–H and O–H groups in total. The van der Waals surface area contributed by atoms with Crippen LogP contribution in [0.1, 0.15) is 36.2 Å². The molecule has 0 aromatic carbocycles. The number of carbonyl (C=O) groups excluding carboxylic acids is 1. The van der Waals surface area contributed by atoms with Crippen LogP contribution in [0, 0.1) is 0 Å². The van der Waals surface area contributed by atoms with E-state index in [1.165, 1.54) is 12.8 Å². The number of hydrogen-bond donors (Lipinski definition) is 2. The van der Waals surface area contributed by atoms with Crippen LogP contribution in [0.15, 0.2) is 12.1 Å². The summed E-state index contributed by atoms with van der Waals surface area (Å²) in [6, 6.07) is 3.71. The van der Waals surface area contributed by atoms with Gasteiger partial charge in [0.15, 0.2) is 0 Å². The molecule has 0 atom stereocenters. The number of nitrogens with one attached hydrogen (secondary N) is 2. The highest BCUT2D eigenvalue weighted by Crippen LogP contribution is 2.20. The van der Waals surface area contributed by atoms with Crippen molar-refractivity contribution in [2.45, 2.75) is 31.7 Å². The number of aromatic nitrogens is 1. The largest absolute Gasteiger partial charge is 0.373 e. The summed E-state index contributed by atoms with van der Waals surface area (Å²) in [4.78, 5) is 16.2. The highest BCUT2D eigenvalue weighted by atomic mass is 35.5. The predicted molar refractivity (Wildman–Crippen MR) is 68.5 cm³/mol. The van der Waals surface area contributed by atoms with Crippen molar-refractivity contribution in [3.05, 3.63) is 22.8 Å². The van der Waals surface area contributed by atoms with E-state index in [4.69, 9.17) is 11.6 Å². The molecule has 1 aromatic rings. The van der Waals surface area contributed by atoms with Crippen LogP contribution in [-0.4, -0.2) is 24.0 Å². The Morgan fingerprint density at radius 2 is 2.12 bits per heavy atom. The molecule has 5 heteroatoms. The number of carbonyl (C=O) groups is 1. The average molecular weight is 254 g/mol. The second kappa shape index (κ2) is 5.36. The molecule has 0 spiro atoms. The molecule has 1 saturated carbocycles. The number of nitrogens with zero attached hydrogens (tertiary/aromatic N) is 1. The molecule has 2 rings (SSSR count). The van der Waals surface area contributed by atoms with E-state index in [-0.39, 0.29) is 11.9 Å². The van der Waals surface area contributed by atoms with E-state index in [2.05, 4.69) is 15.6 Å². The van der Waals surface area contributed by atoms with Crippen molar-refractivity contribution in [1.82, 2.24) is 10.3 Å². The van der Waals surface area contributed by atoms with Gasteiger partial charge in [-0.1, -0.05) is 24.4 Å². The third-order valence-corrected chi connectivity index (χ3v) is 3.31. The quantitative estimate of drug-likeness (QED) is 0.870. The van der Waals surface area contributed by atoms with Gasteiger partial charge in [0.1, 0.15) is 11.5 Å². The van der Waals surface area contributed by atoms with Crippen LogP contribution in [0.4, 0.5) is 5.82 Å². The first-order valence-corrected chi connectivity index (χ1v) is 6.23. The molecule has 1 aliphatic carbocycles. The van der Waals surface area contributed by atoms with Crippen LogP contribution >= 0.6 is 11.6 Å². The Morgan fingerprint density at radius 3 is 2.76 bits per heavy atom. The minimum atomic E-state index is -0.181. The first kappa shape index (κ1) is 12.2. The van der Waals surface area contributed by atoms with Gasteiger partial charge in [-0.2, -0.15) is 0 Å². The molecule has 0 unspecified atom stereocenters. The Bertz CT molecular complexity index is 416. The van der Waals surface area contributed by atoms with Gasteiger partial charge in [0, 0.05) is 13.1 Å². The summed E-state index contributed by atoms with van der Waals surface area (Å²) >= 11 is 5.98. The maximum Gasteiger partial charge on any atom is 0.271 e. The summed E-state index contributed by atoms with van der Waals surface area (Å²) < 4.78 is 0. The van der Waals surface area contributed by atoms with Gasteiger partial charge in [0.05, 0.1) is 5.02 Å². The molecule has 0 saturated heterocycles. The summed E-state index contributed by atoms with van der Waals surface area (Å²) in [5.74, 6) is 0.463. The van der Waals surface area contributed by atoms with E-state index in [1.807, 2.05) is 0 Å². The number of rotatable bonds is 3. The number of hydrogen-bond acceptors (Lipinski definition) is 3. The molecule has 0 bridgehead atoms. The molecule has 1 fully saturated rings. The van der Waals surface area contributed by atoms with Crippen LogP contribution in [0.2, 0.25) is 5.02 Å². The molecule has 1 heterocycles. The summed E-state index contributed by atoms with van der Waals surface area (Å²) in [5.41, 5.74) is 0.297. The maximum absolute atomic E-state index is 12.0. The third kappa shape index (κ3) is 2.88. The summed E-state index contributed by atoms with van der Waals surface area (Å²) in [6.07, 6.45) is 4.47. The minimum absolute atomic E-state index is 0.181. The van der Waals surface area contributed by atoms with Crippen LogP contribution in [0.5, 0.6) is 0 Å². The van der Waals surface area contributed by atoms with Crippen molar-refractivity contribution < 1.29 is 4.79 Å². The average Bonchev–Trinajstić information content (AvgIpc) is 2.82. The number of pyridine rings is 1. The van der Waals surface area contributed by atoms with E-state index in [0.29, 0.717) is 16.5 Å². The smallest absolute Gasteiger partial charge is 0.271 e. The lowest BCUT2D eigenvalue weighted by Crippen LogP contribution is -2.33. The molecule has 0 radical (unpaired) electrons. The highest BCUT2D eigenvalue weighted by molar-refractivity contribution is 6.33. The molecule has 0 aliphatic heterocycles. The Kier molecular flexibility index (Phi) is 3.84. The van der Waals surface area contributed by atoms with Crippen LogP contribution in [0.3, 0.4) is 0 Å². The number of amides is 1. The Morgan fingerprint density at radius 1 is 1.41 bits per heavy atom. The second-order valence-electron chi connectivity index (χ2n) is 4.23. The second-order valence-corrected chi connectivity index (χ2v) is 4.64. The Hall–Kier alpha value is -1.29. The normalized spacial score (nSPS) is 15.9. The van der Waals surface area contributed by atoms with E-state index in [9.17, 15) is 4.79 Å². The topological polar surface area (TPSA) is 54.0 Å². The SMILES string of the molecule is CNc1ccc(Cl)c(C(=O)NC2CCCC2)n1. The summed E-state index contributed by atoms with van der Waals surface area (Å²) in [5, 5.41) is 6.26. The predicted octanol–water partition coefficient (Wildman–Crippen LogP) is 2.45. The zero-order valence-electron chi connectivity index (χ0n) is 9.79. The lowest BCUT2D eigenvalue weighted by Gasteiger charge is -2.12. The monoisotopic (exact) mass is 253 g/mol. The standard InChI is InChI=1S/C12H16ClN3O/c1-14-10-7-6-9(13)11(16-10)12(17)15-8-4-2-3-5-8/h6-8H,2-5H2,1H3,(H,14,16)(H,15,17). The van der Waals surface area contributed by atoms with Gasteiger partial charge >= 0.3 is 0 Å². The van der Waals surface area contributed by atoms with Crippen molar-refractivity contribution in [1.29, 1.82) is 0 Å². The van der Waals surface area contributed by atoms with Gasteiger partial charge in [-0.3, -0.25) is 4.79 Å². The van der Waals surface area contributed by atoms with E-state index >= 15 is 0 Å². The van der Waals surface area contributed by atoms with Crippen molar-refractivity contribution in [2.24, 2.45) is 0 Å². The number of anilines is 1. The summed E-state index contributed by atoms with van der Waals surface area (Å²) in [7, 11) is 1.76. The first-order valence-electron chi connectivity index (χ1n) is 5.86. The molecule has 1 amide bonds. The van der Waals surface area contributed by atoms with Gasteiger partial charge in [-0.05, 0) is 25.0 Å². The van der Waals surface area contributed by atoms with E-state index in [0.717, 1.165) is 12.8 Å². The summed E-state index contributed by atoms with van der Waals surface area (Å²) in [6.45, 7) is 0. The lowest BCUT2D eigenvalue weighted by molar-refractivity contribution is 0.0933. The molecule has 4 nitrogen and oxygen atoms in total. The van der Waals surface area contributed by atoms with Gasteiger partial charge in [0.2, 0.25) is 0 Å². The van der Waals surface area contributed by atoms with Gasteiger partial charge in [-0.15, -0.1) is 0 Å². The van der Waals surface area contributed by atoms with Gasteiger partial charge in [0.25, 0.3) is 5.91 Å². The molecular weight excluding hydrogens is 238 g/mol. The highest BCUT2D eigenvalue weighted by Gasteiger charge is 2.20. The Labute approximate surface area is 106 Å². The number of halogens is 1. The third-order valence-electron chi connectivity index (χ3n) is 3.01. The lowest BCUT2D eigenvalue weighted by atomic mass is 10.2. The van der Waals surface area contributed by atoms with Crippen molar-refractivity contribution in [3.63, 3.8) is 0 Å². The van der Waals surface area contributed by atoms with Crippen molar-refractivity contribution in [3.8, 4) is 0 Å². The molecule has 1 aliphatic rings. The molecule has 1 aromatic heterocycles. The Balaban J connectivity index is 2.11.